The van der Waals surface area contributed by atoms with Crippen LogP contribution in [0.1, 0.15) is 25.5 Å². The zero-order chi connectivity index (χ0) is 10.8. The second-order valence-corrected chi connectivity index (χ2v) is 3.12. The molecule has 0 radical (unpaired) electrons. The molecule has 0 spiro atoms. The van der Waals surface area contributed by atoms with Crippen LogP contribution in [0.5, 0.6) is 5.75 Å². The van der Waals surface area contributed by atoms with Gasteiger partial charge in [0.2, 0.25) is 0 Å². The SMILES string of the molecule is CC(C)c1ccc(OC(F)(F)F)cn1. The lowest BCUT2D eigenvalue weighted by atomic mass is 10.1. The first-order chi connectivity index (χ1) is 6.38. The molecule has 0 unspecified atom stereocenters. The maximum Gasteiger partial charge on any atom is 0.573 e. The highest BCUT2D eigenvalue weighted by Gasteiger charge is 2.31. The zero-order valence-electron chi connectivity index (χ0n) is 7.80. The van der Waals surface area contributed by atoms with Gasteiger partial charge in [0.05, 0.1) is 6.20 Å². The summed E-state index contributed by atoms with van der Waals surface area (Å²) in [4.78, 5) is 3.84. The predicted molar refractivity (Wildman–Crippen MR) is 45.0 cm³/mol. The molecule has 0 atom stereocenters. The summed E-state index contributed by atoms with van der Waals surface area (Å²) in [6, 6.07) is 2.78. The van der Waals surface area contributed by atoms with Crippen molar-refractivity contribution in [2.75, 3.05) is 0 Å². The maximum absolute atomic E-state index is 11.8. The summed E-state index contributed by atoms with van der Waals surface area (Å²) in [5, 5.41) is 0. The lowest BCUT2D eigenvalue weighted by Crippen LogP contribution is -2.17. The topological polar surface area (TPSA) is 22.1 Å². The van der Waals surface area contributed by atoms with E-state index in [-0.39, 0.29) is 11.7 Å². The van der Waals surface area contributed by atoms with E-state index in [4.69, 9.17) is 0 Å². The zero-order valence-corrected chi connectivity index (χ0v) is 7.80. The maximum atomic E-state index is 11.8. The predicted octanol–water partition coefficient (Wildman–Crippen LogP) is 3.10. The molecule has 1 aromatic rings. The molecule has 2 nitrogen and oxygen atoms in total. The molecule has 0 saturated heterocycles. The highest BCUT2D eigenvalue weighted by molar-refractivity contribution is 5.21. The molecule has 1 rings (SSSR count). The van der Waals surface area contributed by atoms with Gasteiger partial charge in [-0.25, -0.2) is 0 Å². The first kappa shape index (κ1) is 10.8. The van der Waals surface area contributed by atoms with Gasteiger partial charge < -0.3 is 4.74 Å². The first-order valence-electron chi connectivity index (χ1n) is 4.10. The first-order valence-corrected chi connectivity index (χ1v) is 4.10. The van der Waals surface area contributed by atoms with Gasteiger partial charge in [0.1, 0.15) is 5.75 Å². The average molecular weight is 205 g/mol. The second kappa shape index (κ2) is 3.86. The molecule has 78 valence electrons. The largest absolute Gasteiger partial charge is 0.573 e. The molecule has 0 N–H and O–H groups in total. The van der Waals surface area contributed by atoms with Crippen molar-refractivity contribution in [2.45, 2.75) is 26.1 Å². The van der Waals surface area contributed by atoms with Crippen LogP contribution in [0.3, 0.4) is 0 Å². The fourth-order valence-corrected chi connectivity index (χ4v) is 0.927. The van der Waals surface area contributed by atoms with Crippen LogP contribution in [0.15, 0.2) is 18.3 Å². The summed E-state index contributed by atoms with van der Waals surface area (Å²) in [5.41, 5.74) is 0.736. The van der Waals surface area contributed by atoms with Crippen molar-refractivity contribution < 1.29 is 17.9 Å². The van der Waals surface area contributed by atoms with Crippen molar-refractivity contribution >= 4 is 0 Å². The Morgan fingerprint density at radius 3 is 2.29 bits per heavy atom. The Morgan fingerprint density at radius 2 is 1.93 bits per heavy atom. The monoisotopic (exact) mass is 205 g/mol. The van der Waals surface area contributed by atoms with Crippen LogP contribution in [0.4, 0.5) is 13.2 Å². The van der Waals surface area contributed by atoms with E-state index >= 15 is 0 Å². The smallest absolute Gasteiger partial charge is 0.404 e. The third kappa shape index (κ3) is 3.24. The van der Waals surface area contributed by atoms with Crippen molar-refractivity contribution in [2.24, 2.45) is 0 Å². The van der Waals surface area contributed by atoms with Gasteiger partial charge >= 0.3 is 6.36 Å². The fraction of sp³-hybridized carbons (Fsp3) is 0.444. The van der Waals surface area contributed by atoms with Crippen molar-refractivity contribution in [3.05, 3.63) is 24.0 Å². The Labute approximate surface area is 79.7 Å². The number of alkyl halides is 3. The van der Waals surface area contributed by atoms with Gasteiger partial charge in [-0.15, -0.1) is 13.2 Å². The standard InChI is InChI=1S/C9H10F3NO/c1-6(2)8-4-3-7(5-13-8)14-9(10,11)12/h3-6H,1-2H3. The number of pyridine rings is 1. The van der Waals surface area contributed by atoms with Gasteiger partial charge in [-0.3, -0.25) is 4.98 Å². The molecule has 5 heteroatoms. The number of halogens is 3. The molecule has 0 aliphatic heterocycles. The second-order valence-electron chi connectivity index (χ2n) is 3.12. The Hall–Kier alpha value is -1.26. The third-order valence-corrected chi connectivity index (χ3v) is 1.58. The molecule has 1 heterocycles. The molecule has 0 aliphatic carbocycles. The summed E-state index contributed by atoms with van der Waals surface area (Å²) >= 11 is 0. The van der Waals surface area contributed by atoms with E-state index in [1.54, 1.807) is 0 Å². The number of nitrogens with zero attached hydrogens (tertiary/aromatic N) is 1. The molecule has 0 aromatic carbocycles. The molecule has 0 aliphatic rings. The van der Waals surface area contributed by atoms with Gasteiger partial charge in [-0.2, -0.15) is 0 Å². The van der Waals surface area contributed by atoms with E-state index in [9.17, 15) is 13.2 Å². The average Bonchev–Trinajstić information content (AvgIpc) is 2.02. The number of hydrogen-bond donors (Lipinski definition) is 0. The Kier molecular flexibility index (Phi) is 2.98. The molecule has 1 aromatic heterocycles. The minimum Gasteiger partial charge on any atom is -0.404 e. The fourth-order valence-electron chi connectivity index (χ4n) is 0.927. The van der Waals surface area contributed by atoms with Crippen molar-refractivity contribution in [3.63, 3.8) is 0 Å². The van der Waals surface area contributed by atoms with E-state index in [1.807, 2.05) is 13.8 Å². The Bertz CT molecular complexity index is 292. The number of ether oxygens (including phenoxy) is 1. The van der Waals surface area contributed by atoms with E-state index in [2.05, 4.69) is 9.72 Å². The quantitative estimate of drug-likeness (QED) is 0.740. The van der Waals surface area contributed by atoms with Gasteiger partial charge in [0.15, 0.2) is 0 Å². The third-order valence-electron chi connectivity index (χ3n) is 1.58. The number of aromatic nitrogens is 1. The van der Waals surface area contributed by atoms with Crippen LogP contribution in [0.25, 0.3) is 0 Å². The summed E-state index contributed by atoms with van der Waals surface area (Å²) in [6.45, 7) is 3.82. The van der Waals surface area contributed by atoms with E-state index in [1.165, 1.54) is 12.1 Å². The normalized spacial score (nSPS) is 11.9. The minimum absolute atomic E-state index is 0.190. The van der Waals surface area contributed by atoms with Crippen LogP contribution in [-0.4, -0.2) is 11.3 Å². The van der Waals surface area contributed by atoms with Crippen molar-refractivity contribution in [1.82, 2.24) is 4.98 Å². The van der Waals surface area contributed by atoms with Crippen LogP contribution >= 0.6 is 0 Å². The van der Waals surface area contributed by atoms with Gasteiger partial charge in [-0.1, -0.05) is 13.8 Å². The van der Waals surface area contributed by atoms with E-state index in [0.717, 1.165) is 11.9 Å². The Morgan fingerprint density at radius 1 is 1.29 bits per heavy atom. The van der Waals surface area contributed by atoms with Gasteiger partial charge in [0, 0.05) is 5.69 Å². The van der Waals surface area contributed by atoms with Crippen molar-refractivity contribution in [1.29, 1.82) is 0 Å². The molecule has 0 fully saturated rings. The molecular weight excluding hydrogens is 195 g/mol. The molecule has 14 heavy (non-hydrogen) atoms. The summed E-state index contributed by atoms with van der Waals surface area (Å²) < 4.78 is 38.9. The van der Waals surface area contributed by atoms with Gasteiger partial charge in [0.25, 0.3) is 0 Å². The highest BCUT2D eigenvalue weighted by Crippen LogP contribution is 2.22. The van der Waals surface area contributed by atoms with Crippen molar-refractivity contribution in [3.8, 4) is 5.75 Å². The minimum atomic E-state index is -4.65. The molecule has 0 bridgehead atoms. The number of rotatable bonds is 2. The lowest BCUT2D eigenvalue weighted by molar-refractivity contribution is -0.274. The van der Waals surface area contributed by atoms with Gasteiger partial charge in [-0.05, 0) is 18.1 Å². The van der Waals surface area contributed by atoms with E-state index in [0.29, 0.717) is 0 Å². The Balaban J connectivity index is 2.74. The summed E-state index contributed by atoms with van der Waals surface area (Å²) in [7, 11) is 0. The van der Waals surface area contributed by atoms with Crippen LogP contribution < -0.4 is 4.74 Å². The summed E-state index contributed by atoms with van der Waals surface area (Å²) in [5.74, 6) is -0.100. The molecular formula is C9H10F3NO. The van der Waals surface area contributed by atoms with Crippen LogP contribution in [0, 0.1) is 0 Å². The molecule has 0 amide bonds. The highest BCUT2D eigenvalue weighted by atomic mass is 19.4. The van der Waals surface area contributed by atoms with Crippen LogP contribution in [0.2, 0.25) is 0 Å². The van der Waals surface area contributed by atoms with E-state index < -0.39 is 6.36 Å². The lowest BCUT2D eigenvalue weighted by Gasteiger charge is -2.09. The summed E-state index contributed by atoms with van der Waals surface area (Å²) in [6.07, 6.45) is -3.58. The van der Waals surface area contributed by atoms with Crippen LogP contribution in [-0.2, 0) is 0 Å². The number of hydrogen-bond acceptors (Lipinski definition) is 2. The molecule has 0 saturated carbocycles.